The van der Waals surface area contributed by atoms with E-state index in [0.29, 0.717) is 6.54 Å². The number of aliphatic hydroxyl groups excluding tert-OH is 1. The van der Waals surface area contributed by atoms with E-state index in [9.17, 15) is 5.11 Å². The Bertz CT molecular complexity index is 325. The fourth-order valence-corrected chi connectivity index (χ4v) is 1.55. The molecule has 0 aliphatic heterocycles. The molecule has 1 aromatic rings. The summed E-state index contributed by atoms with van der Waals surface area (Å²) in [5.74, 6) is 0.858. The second-order valence-electron chi connectivity index (χ2n) is 4.43. The quantitative estimate of drug-likeness (QED) is 0.782. The zero-order valence-electron chi connectivity index (χ0n) is 10.8. The van der Waals surface area contributed by atoms with Gasteiger partial charge in [-0.3, -0.25) is 0 Å². The van der Waals surface area contributed by atoms with Crippen LogP contribution in [0, 0.1) is 0 Å². The molecule has 4 heteroatoms. The van der Waals surface area contributed by atoms with Crippen LogP contribution in [0.15, 0.2) is 24.3 Å². The van der Waals surface area contributed by atoms with Gasteiger partial charge < -0.3 is 20.5 Å². The largest absolute Gasteiger partial charge is 0.491 e. The molecule has 0 saturated carbocycles. The van der Waals surface area contributed by atoms with Crippen LogP contribution in [0.25, 0.3) is 0 Å². The Kier molecular flexibility index (Phi) is 5.25. The fourth-order valence-electron chi connectivity index (χ4n) is 1.55. The lowest BCUT2D eigenvalue weighted by Crippen LogP contribution is -2.34. The van der Waals surface area contributed by atoms with Gasteiger partial charge in [0.15, 0.2) is 0 Å². The van der Waals surface area contributed by atoms with E-state index < -0.39 is 6.10 Å². The fraction of sp³-hybridized carbons (Fsp3) is 0.538. The number of likely N-dealkylation sites (N-methyl/N-ethyl adjacent to an activating group) is 1. The molecule has 0 aromatic heterocycles. The maximum Gasteiger partial charge on any atom is 0.119 e. The van der Waals surface area contributed by atoms with Crippen molar-refractivity contribution in [2.45, 2.75) is 26.1 Å². The summed E-state index contributed by atoms with van der Waals surface area (Å²) in [6, 6.07) is 7.81. The van der Waals surface area contributed by atoms with Crippen molar-refractivity contribution in [2.24, 2.45) is 5.73 Å². The first-order chi connectivity index (χ1) is 8.02. The van der Waals surface area contributed by atoms with Crippen LogP contribution in [0.1, 0.15) is 13.8 Å². The van der Waals surface area contributed by atoms with Crippen LogP contribution in [0.3, 0.4) is 0 Å². The van der Waals surface area contributed by atoms with E-state index in [-0.39, 0.29) is 12.6 Å². The number of ether oxygens (including phenoxy) is 1. The van der Waals surface area contributed by atoms with E-state index in [0.717, 1.165) is 11.4 Å². The highest BCUT2D eigenvalue weighted by Crippen LogP contribution is 2.19. The second-order valence-corrected chi connectivity index (χ2v) is 4.43. The number of hydrogen-bond acceptors (Lipinski definition) is 4. The van der Waals surface area contributed by atoms with Gasteiger partial charge in [-0.1, -0.05) is 0 Å². The highest BCUT2D eigenvalue weighted by molar-refractivity contribution is 5.48. The molecule has 0 amide bonds. The van der Waals surface area contributed by atoms with Gasteiger partial charge in [0.1, 0.15) is 5.75 Å². The van der Waals surface area contributed by atoms with Gasteiger partial charge in [-0.25, -0.2) is 0 Å². The number of anilines is 1. The molecule has 1 rings (SSSR count). The van der Waals surface area contributed by atoms with Crippen molar-refractivity contribution in [1.29, 1.82) is 0 Å². The maximum atomic E-state index is 9.47. The SMILES string of the molecule is CC(C)Oc1ccc(N(C)CC(O)CN)cc1. The summed E-state index contributed by atoms with van der Waals surface area (Å²) in [7, 11) is 1.93. The number of aliphatic hydroxyl groups is 1. The molecule has 3 N–H and O–H groups in total. The molecule has 0 bridgehead atoms. The molecule has 0 spiro atoms. The molecule has 1 aromatic carbocycles. The molecular weight excluding hydrogens is 216 g/mol. The standard InChI is InChI=1S/C13H22N2O2/c1-10(2)17-13-6-4-11(5-7-13)15(3)9-12(16)8-14/h4-7,10,12,16H,8-9,14H2,1-3H3. The number of rotatable bonds is 6. The van der Waals surface area contributed by atoms with Crippen molar-refractivity contribution in [3.8, 4) is 5.75 Å². The van der Waals surface area contributed by atoms with E-state index in [4.69, 9.17) is 10.5 Å². The zero-order valence-corrected chi connectivity index (χ0v) is 10.8. The lowest BCUT2D eigenvalue weighted by molar-refractivity contribution is 0.189. The van der Waals surface area contributed by atoms with Crippen molar-refractivity contribution in [3.05, 3.63) is 24.3 Å². The molecule has 0 radical (unpaired) electrons. The zero-order chi connectivity index (χ0) is 12.8. The number of benzene rings is 1. The average molecular weight is 238 g/mol. The lowest BCUT2D eigenvalue weighted by Gasteiger charge is -2.22. The first kappa shape index (κ1) is 13.8. The minimum atomic E-state index is -0.494. The monoisotopic (exact) mass is 238 g/mol. The number of nitrogens with two attached hydrogens (primary N) is 1. The minimum absolute atomic E-state index is 0.178. The van der Waals surface area contributed by atoms with Crippen LogP contribution in [-0.2, 0) is 0 Å². The van der Waals surface area contributed by atoms with E-state index >= 15 is 0 Å². The van der Waals surface area contributed by atoms with Gasteiger partial charge in [-0.05, 0) is 38.1 Å². The Hall–Kier alpha value is -1.26. The van der Waals surface area contributed by atoms with Crippen LogP contribution in [0.4, 0.5) is 5.69 Å². The van der Waals surface area contributed by atoms with Gasteiger partial charge in [0.05, 0.1) is 12.2 Å². The minimum Gasteiger partial charge on any atom is -0.491 e. The number of nitrogens with zero attached hydrogens (tertiary/aromatic N) is 1. The topological polar surface area (TPSA) is 58.7 Å². The molecule has 0 fully saturated rings. The van der Waals surface area contributed by atoms with Crippen molar-refractivity contribution >= 4 is 5.69 Å². The highest BCUT2D eigenvalue weighted by atomic mass is 16.5. The van der Waals surface area contributed by atoms with E-state index in [2.05, 4.69) is 0 Å². The van der Waals surface area contributed by atoms with Gasteiger partial charge in [-0.15, -0.1) is 0 Å². The average Bonchev–Trinajstić information content (AvgIpc) is 2.28. The molecule has 0 saturated heterocycles. The molecule has 0 aliphatic rings. The number of hydrogen-bond donors (Lipinski definition) is 2. The predicted octanol–water partition coefficient (Wildman–Crippen LogP) is 1.23. The molecule has 17 heavy (non-hydrogen) atoms. The van der Waals surface area contributed by atoms with Crippen LogP contribution >= 0.6 is 0 Å². The van der Waals surface area contributed by atoms with Crippen molar-refractivity contribution < 1.29 is 9.84 Å². The normalized spacial score (nSPS) is 12.6. The van der Waals surface area contributed by atoms with Crippen LogP contribution in [-0.4, -0.2) is 37.5 Å². The third kappa shape index (κ3) is 4.63. The van der Waals surface area contributed by atoms with Gasteiger partial charge in [0.2, 0.25) is 0 Å². The molecular formula is C13H22N2O2. The predicted molar refractivity (Wildman–Crippen MR) is 70.5 cm³/mol. The van der Waals surface area contributed by atoms with Gasteiger partial charge in [-0.2, -0.15) is 0 Å². The Labute approximate surface area is 103 Å². The van der Waals surface area contributed by atoms with E-state index in [1.807, 2.05) is 50.1 Å². The molecule has 96 valence electrons. The van der Waals surface area contributed by atoms with Crippen molar-refractivity contribution in [2.75, 3.05) is 25.0 Å². The summed E-state index contributed by atoms with van der Waals surface area (Å²) in [4.78, 5) is 1.97. The van der Waals surface area contributed by atoms with Crippen LogP contribution < -0.4 is 15.4 Å². The van der Waals surface area contributed by atoms with Gasteiger partial charge in [0.25, 0.3) is 0 Å². The third-order valence-electron chi connectivity index (χ3n) is 2.41. The molecule has 0 heterocycles. The Balaban J connectivity index is 2.60. The maximum absolute atomic E-state index is 9.47. The van der Waals surface area contributed by atoms with Crippen LogP contribution in [0.2, 0.25) is 0 Å². The summed E-state index contributed by atoms with van der Waals surface area (Å²) >= 11 is 0. The smallest absolute Gasteiger partial charge is 0.119 e. The first-order valence-corrected chi connectivity index (χ1v) is 5.89. The van der Waals surface area contributed by atoms with Crippen molar-refractivity contribution in [1.82, 2.24) is 0 Å². The summed E-state index contributed by atoms with van der Waals surface area (Å²) in [6.07, 6.45) is -0.316. The molecule has 1 atom stereocenters. The van der Waals surface area contributed by atoms with E-state index in [1.165, 1.54) is 0 Å². The Morgan fingerprint density at radius 1 is 1.29 bits per heavy atom. The Morgan fingerprint density at radius 3 is 2.35 bits per heavy atom. The highest BCUT2D eigenvalue weighted by Gasteiger charge is 2.07. The summed E-state index contributed by atoms with van der Waals surface area (Å²) < 4.78 is 5.56. The molecule has 0 aliphatic carbocycles. The van der Waals surface area contributed by atoms with E-state index in [1.54, 1.807) is 0 Å². The summed E-state index contributed by atoms with van der Waals surface area (Å²) in [5, 5.41) is 9.47. The second kappa shape index (κ2) is 6.47. The Morgan fingerprint density at radius 2 is 1.88 bits per heavy atom. The van der Waals surface area contributed by atoms with Crippen LogP contribution in [0.5, 0.6) is 5.75 Å². The summed E-state index contributed by atoms with van der Waals surface area (Å²) in [5.41, 5.74) is 6.42. The van der Waals surface area contributed by atoms with Gasteiger partial charge in [0, 0.05) is 25.8 Å². The molecule has 4 nitrogen and oxygen atoms in total. The van der Waals surface area contributed by atoms with Gasteiger partial charge >= 0.3 is 0 Å². The third-order valence-corrected chi connectivity index (χ3v) is 2.41. The lowest BCUT2D eigenvalue weighted by atomic mass is 10.2. The summed E-state index contributed by atoms with van der Waals surface area (Å²) in [6.45, 7) is 4.80. The first-order valence-electron chi connectivity index (χ1n) is 5.89. The van der Waals surface area contributed by atoms with Crippen molar-refractivity contribution in [3.63, 3.8) is 0 Å². The molecule has 1 unspecified atom stereocenters.